The third-order valence-electron chi connectivity index (χ3n) is 5.71. The molecule has 3 N–H and O–H groups in total. The summed E-state index contributed by atoms with van der Waals surface area (Å²) in [5, 5.41) is 4.13. The van der Waals surface area contributed by atoms with E-state index in [0.717, 1.165) is 51.1 Å². The summed E-state index contributed by atoms with van der Waals surface area (Å²) < 4.78 is 4.22. The van der Waals surface area contributed by atoms with Gasteiger partial charge in [0.2, 0.25) is 0 Å². The second-order valence-electron chi connectivity index (χ2n) is 7.84. The van der Waals surface area contributed by atoms with E-state index in [9.17, 15) is 0 Å². The molecule has 0 unspecified atom stereocenters. The van der Waals surface area contributed by atoms with E-state index < -0.39 is 0 Å². The van der Waals surface area contributed by atoms with E-state index in [4.69, 9.17) is 0 Å². The molecule has 0 spiro atoms. The van der Waals surface area contributed by atoms with Gasteiger partial charge in [-0.25, -0.2) is 0 Å². The van der Waals surface area contributed by atoms with E-state index in [0.29, 0.717) is 0 Å². The van der Waals surface area contributed by atoms with Crippen LogP contribution in [0.4, 0.5) is 0 Å². The monoisotopic (exact) mass is 765 g/mol. The first kappa shape index (κ1) is 22.8. The molecule has 5 aromatic rings. The van der Waals surface area contributed by atoms with Crippen LogP contribution in [-0.2, 0) is 0 Å². The van der Waals surface area contributed by atoms with Crippen LogP contribution in [0.2, 0.25) is 0 Å². The Balaban J connectivity index is 1.73. The van der Waals surface area contributed by atoms with Crippen molar-refractivity contribution in [3.63, 3.8) is 0 Å². The molecular formula is C26H15Br3IN3S. The van der Waals surface area contributed by atoms with E-state index in [1.54, 1.807) is 11.3 Å². The summed E-state index contributed by atoms with van der Waals surface area (Å²) in [7, 11) is 0. The number of hydrogen-bond acceptors (Lipinski definition) is 1. The molecule has 0 saturated heterocycles. The van der Waals surface area contributed by atoms with Gasteiger partial charge in [0, 0.05) is 24.2 Å². The van der Waals surface area contributed by atoms with Gasteiger partial charge >= 0.3 is 0 Å². The van der Waals surface area contributed by atoms with E-state index >= 15 is 0 Å². The number of rotatable bonds is 1. The molecule has 0 radical (unpaired) electrons. The third-order valence-corrected chi connectivity index (χ3v) is 10.4. The molecule has 8 heteroatoms. The van der Waals surface area contributed by atoms with Crippen molar-refractivity contribution >= 4 is 101 Å². The first-order chi connectivity index (χ1) is 16.5. The number of benzene rings is 1. The highest BCUT2D eigenvalue weighted by atomic mass is 127. The maximum Gasteiger partial charge on any atom is 0.0645 e. The molecular weight excluding hydrogens is 753 g/mol. The lowest BCUT2D eigenvalue weighted by Gasteiger charge is -2.06. The molecule has 0 saturated carbocycles. The minimum absolute atomic E-state index is 0.978. The van der Waals surface area contributed by atoms with Crippen molar-refractivity contribution in [1.82, 2.24) is 15.0 Å². The summed E-state index contributed by atoms with van der Waals surface area (Å²) in [4.78, 5) is 13.1. The fourth-order valence-electron chi connectivity index (χ4n) is 4.03. The Morgan fingerprint density at radius 1 is 0.529 bits per heavy atom. The summed E-state index contributed by atoms with van der Waals surface area (Å²) in [6.07, 6.45) is 0. The lowest BCUT2D eigenvalue weighted by Crippen LogP contribution is -2.15. The van der Waals surface area contributed by atoms with E-state index in [1.165, 1.54) is 19.6 Å². The van der Waals surface area contributed by atoms with Crippen molar-refractivity contribution in [2.24, 2.45) is 0 Å². The van der Waals surface area contributed by atoms with Gasteiger partial charge in [0.25, 0.3) is 0 Å². The Morgan fingerprint density at radius 2 is 1.06 bits per heavy atom. The average molecular weight is 768 g/mol. The molecule has 1 aliphatic rings. The van der Waals surface area contributed by atoms with Crippen LogP contribution >= 0.6 is 81.7 Å². The van der Waals surface area contributed by atoms with Crippen LogP contribution in [0.15, 0.2) is 72.8 Å². The molecule has 6 rings (SSSR count). The van der Waals surface area contributed by atoms with Gasteiger partial charge in [0.1, 0.15) is 0 Å². The number of thiophene rings is 1. The number of nitrogens with one attached hydrogen (secondary N) is 3. The van der Waals surface area contributed by atoms with Crippen LogP contribution in [0.3, 0.4) is 0 Å². The maximum atomic E-state index is 3.85. The Morgan fingerprint density at radius 3 is 1.71 bits per heavy atom. The molecule has 1 aliphatic heterocycles. The van der Waals surface area contributed by atoms with E-state index in [2.05, 4.69) is 158 Å². The van der Waals surface area contributed by atoms with Gasteiger partial charge in [-0.2, -0.15) is 0 Å². The fraction of sp³-hybridized carbons (Fsp3) is 0. The van der Waals surface area contributed by atoms with Crippen molar-refractivity contribution in [3.05, 3.63) is 124 Å². The van der Waals surface area contributed by atoms with Crippen LogP contribution in [-0.4, -0.2) is 15.0 Å². The van der Waals surface area contributed by atoms with Gasteiger partial charge < -0.3 is 15.0 Å². The van der Waals surface area contributed by atoms with Gasteiger partial charge in [-0.1, -0.05) is 12.1 Å². The topological polar surface area (TPSA) is 47.4 Å². The van der Waals surface area contributed by atoms with Crippen molar-refractivity contribution in [3.8, 4) is 0 Å². The largest absolute Gasteiger partial charge is 0.354 e. The standard InChI is InChI=1S/C26H15Br3IN3S/c27-24-16-6-5-15(31-16)23(13-1-3-14(30)4-2-13)21-11-12-22(34-21)26(29)20-10-9-19(33-20)25(28)18-8-7-17(24)32-18/h1-12,31-33H/b23-15-,23-21?,24-16+,24-17?,25-18?,25-19+,26-20+,26-22?. The summed E-state index contributed by atoms with van der Waals surface area (Å²) in [6.45, 7) is 0. The Kier molecular flexibility index (Phi) is 6.13. The zero-order valence-electron chi connectivity index (χ0n) is 17.3. The predicted octanol–water partition coefficient (Wildman–Crippen LogP) is 5.55. The van der Waals surface area contributed by atoms with Crippen molar-refractivity contribution in [2.75, 3.05) is 0 Å². The molecule has 0 aliphatic carbocycles. The molecule has 34 heavy (non-hydrogen) atoms. The maximum absolute atomic E-state index is 3.85. The van der Waals surface area contributed by atoms with Crippen molar-refractivity contribution in [2.45, 2.75) is 0 Å². The summed E-state index contributed by atoms with van der Waals surface area (Å²) in [6, 6.07) is 25.7. The van der Waals surface area contributed by atoms with Crippen LogP contribution in [0, 0.1) is 3.57 Å². The molecule has 3 nitrogen and oxygen atoms in total. The van der Waals surface area contributed by atoms with Crippen molar-refractivity contribution < 1.29 is 0 Å². The van der Waals surface area contributed by atoms with E-state index in [1.807, 2.05) is 0 Å². The smallest absolute Gasteiger partial charge is 0.0645 e. The zero-order valence-corrected chi connectivity index (χ0v) is 25.1. The van der Waals surface area contributed by atoms with E-state index in [-0.39, 0.29) is 0 Å². The third kappa shape index (κ3) is 4.07. The Bertz CT molecular complexity index is 1800. The van der Waals surface area contributed by atoms with Crippen LogP contribution < -0.4 is 21.4 Å². The normalized spacial score (nSPS) is 20.0. The number of halogens is 4. The number of aromatic amines is 3. The lowest BCUT2D eigenvalue weighted by atomic mass is 10.0. The first-order valence-corrected chi connectivity index (χ1v) is 14.7. The van der Waals surface area contributed by atoms with Crippen LogP contribution in [0.25, 0.3) is 19.0 Å². The molecule has 0 amide bonds. The summed E-state index contributed by atoms with van der Waals surface area (Å²) >= 11 is 15.6. The number of fused-ring (bicyclic) bond motifs is 8. The van der Waals surface area contributed by atoms with Gasteiger partial charge in [0.15, 0.2) is 0 Å². The Hall–Kier alpha value is -1.59. The number of H-pyrrole nitrogens is 3. The molecule has 4 aromatic heterocycles. The summed E-state index contributed by atoms with van der Waals surface area (Å²) in [5.41, 5.74) is 4.36. The predicted molar refractivity (Wildman–Crippen MR) is 160 cm³/mol. The SMILES string of the molecule is Br/C1=c2\cc/c([nH]2)=C(\c2ccc(I)cc2)c2ccc(s2)/C(Br)=c2/cc/c([nH]2)=C(\Br)c2ccc1[nH]2. The second kappa shape index (κ2) is 9.13. The summed E-state index contributed by atoms with van der Waals surface area (Å²) in [5.74, 6) is 0. The molecule has 8 bridgehead atoms. The van der Waals surface area contributed by atoms with Crippen LogP contribution in [0.5, 0.6) is 0 Å². The average Bonchev–Trinajstić information content (AvgIpc) is 3.65. The van der Waals surface area contributed by atoms with Gasteiger partial charge in [-0.3, -0.25) is 0 Å². The highest BCUT2D eigenvalue weighted by Crippen LogP contribution is 2.33. The molecule has 5 heterocycles. The second-order valence-corrected chi connectivity index (χ2v) is 12.6. The first-order valence-electron chi connectivity index (χ1n) is 10.4. The molecule has 1 aromatic carbocycles. The fourth-order valence-corrected chi connectivity index (χ4v) is 6.96. The minimum atomic E-state index is 0.978. The van der Waals surface area contributed by atoms with Crippen LogP contribution in [0.1, 0.15) is 26.7 Å². The molecule has 0 atom stereocenters. The van der Waals surface area contributed by atoms with Crippen molar-refractivity contribution in [1.29, 1.82) is 0 Å². The number of hydrogen-bond donors (Lipinski definition) is 3. The highest BCUT2D eigenvalue weighted by molar-refractivity contribution is 14.1. The number of aromatic nitrogens is 3. The lowest BCUT2D eigenvalue weighted by molar-refractivity contribution is 1.23. The zero-order chi connectivity index (χ0) is 23.4. The molecule has 168 valence electrons. The molecule has 0 fully saturated rings. The minimum Gasteiger partial charge on any atom is -0.354 e. The Labute approximate surface area is 237 Å². The highest BCUT2D eigenvalue weighted by Gasteiger charge is 2.14. The van der Waals surface area contributed by atoms with Gasteiger partial charge in [-0.05, 0) is 137 Å². The quantitative estimate of drug-likeness (QED) is 0.188. The van der Waals surface area contributed by atoms with Gasteiger partial charge in [-0.15, -0.1) is 11.3 Å². The van der Waals surface area contributed by atoms with Gasteiger partial charge in [0.05, 0.1) is 40.9 Å².